The monoisotopic (exact) mass is 377 g/mol. The van der Waals surface area contributed by atoms with Crippen molar-refractivity contribution in [2.24, 2.45) is 17.3 Å². The Bertz CT molecular complexity index is 523. The van der Waals surface area contributed by atoms with Gasteiger partial charge in [0.15, 0.2) is 0 Å². The van der Waals surface area contributed by atoms with Gasteiger partial charge in [-0.3, -0.25) is 4.98 Å². The molecule has 1 aliphatic heterocycles. The van der Waals surface area contributed by atoms with E-state index in [1.165, 1.54) is 0 Å². The fourth-order valence-electron chi connectivity index (χ4n) is 3.65. The van der Waals surface area contributed by atoms with Gasteiger partial charge in [0.1, 0.15) is 12.6 Å². The lowest BCUT2D eigenvalue weighted by Crippen LogP contribution is -2.44. The van der Waals surface area contributed by atoms with Crippen molar-refractivity contribution < 1.29 is 18.4 Å². The number of rotatable bonds is 10. The summed E-state index contributed by atoms with van der Waals surface area (Å²) in [5, 5.41) is 0. The van der Waals surface area contributed by atoms with E-state index in [-0.39, 0.29) is 29.6 Å². The van der Waals surface area contributed by atoms with Gasteiger partial charge >= 0.3 is 0 Å². The van der Waals surface area contributed by atoms with Crippen molar-refractivity contribution in [3.05, 3.63) is 30.1 Å². The first kappa shape index (κ1) is 20.4. The maximum absolute atomic E-state index is 11.0. The molecule has 25 heavy (non-hydrogen) atoms. The molecule has 1 aliphatic rings. The fourth-order valence-corrected chi connectivity index (χ4v) is 4.88. The van der Waals surface area contributed by atoms with Crippen LogP contribution in [0.3, 0.4) is 0 Å². The van der Waals surface area contributed by atoms with Crippen molar-refractivity contribution >= 4 is 25.8 Å². The van der Waals surface area contributed by atoms with E-state index in [2.05, 4.69) is 18.8 Å². The van der Waals surface area contributed by atoms with Gasteiger partial charge in [0.2, 0.25) is 19.5 Å². The molecule has 0 amide bonds. The Balaban J connectivity index is 2.26. The summed E-state index contributed by atoms with van der Waals surface area (Å²) in [7, 11) is 0.739. The molecule has 0 saturated carbocycles. The molecule has 2 heterocycles. The summed E-state index contributed by atoms with van der Waals surface area (Å²) in [6.07, 6.45) is 5.66. The number of pyridine rings is 1. The van der Waals surface area contributed by atoms with E-state index in [0.29, 0.717) is 32.6 Å². The first-order valence-electron chi connectivity index (χ1n) is 8.66. The van der Waals surface area contributed by atoms with E-state index in [1.54, 1.807) is 6.20 Å². The Kier molecular flexibility index (Phi) is 7.96. The lowest BCUT2D eigenvalue weighted by molar-refractivity contribution is -0.113. The van der Waals surface area contributed by atoms with Crippen molar-refractivity contribution in [1.29, 1.82) is 0 Å². The fraction of sp³-hybridized carbons (Fsp3) is 0.667. The Morgan fingerprint density at radius 1 is 1.40 bits per heavy atom. The average molecular weight is 378 g/mol. The van der Waals surface area contributed by atoms with Gasteiger partial charge < -0.3 is 18.4 Å². The highest BCUT2D eigenvalue weighted by Crippen LogP contribution is 2.50. The van der Waals surface area contributed by atoms with Crippen molar-refractivity contribution in [3.8, 4) is 0 Å². The van der Waals surface area contributed by atoms with Gasteiger partial charge in [-0.1, -0.05) is 19.9 Å². The number of nitrogens with zero attached hydrogens (tertiary/aromatic N) is 1. The van der Waals surface area contributed by atoms with Crippen LogP contribution in [0.5, 0.6) is 0 Å². The molecule has 0 aromatic carbocycles. The van der Waals surface area contributed by atoms with Crippen LogP contribution in [0.4, 0.5) is 0 Å². The highest BCUT2D eigenvalue weighted by Gasteiger charge is 2.49. The van der Waals surface area contributed by atoms with Crippen molar-refractivity contribution in [2.45, 2.75) is 52.2 Å². The topological polar surface area (TPSA) is 57.6 Å². The number of carbonyl (C=O) groups excluding carboxylic acids is 1. The van der Waals surface area contributed by atoms with Gasteiger partial charge in [0.25, 0.3) is 0 Å². The molecule has 3 unspecified atom stereocenters. The molecule has 0 bridgehead atoms. The van der Waals surface area contributed by atoms with Crippen LogP contribution in [-0.4, -0.2) is 43.7 Å². The number of hydrogen-bond acceptors (Lipinski definition) is 5. The third-order valence-corrected chi connectivity index (χ3v) is 5.90. The largest absolute Gasteiger partial charge is 0.394 e. The second-order valence-corrected chi connectivity index (χ2v) is 8.14. The van der Waals surface area contributed by atoms with E-state index in [4.69, 9.17) is 13.6 Å². The summed E-state index contributed by atoms with van der Waals surface area (Å²) in [4.78, 5) is 15.2. The molecular formula is C18H27NO4Si2. The summed E-state index contributed by atoms with van der Waals surface area (Å²) in [6.45, 7) is 9.04. The van der Waals surface area contributed by atoms with Crippen LogP contribution in [0.15, 0.2) is 24.5 Å². The molecule has 1 aromatic rings. The minimum Gasteiger partial charge on any atom is -0.394 e. The SMILES string of the molecule is C[Si]OC(O[Si]C)C(C)(C)C1COC(c2cccnc2)C1CCC=O. The Labute approximate surface area is 155 Å². The molecule has 4 radical (unpaired) electrons. The zero-order chi connectivity index (χ0) is 18.3. The molecule has 136 valence electrons. The summed E-state index contributed by atoms with van der Waals surface area (Å²) < 4.78 is 18.0. The number of ether oxygens (including phenoxy) is 1. The van der Waals surface area contributed by atoms with Crippen molar-refractivity contribution in [3.63, 3.8) is 0 Å². The highest BCUT2D eigenvalue weighted by molar-refractivity contribution is 6.26. The van der Waals surface area contributed by atoms with Gasteiger partial charge in [0.05, 0.1) is 12.7 Å². The molecule has 1 saturated heterocycles. The van der Waals surface area contributed by atoms with E-state index in [9.17, 15) is 4.79 Å². The predicted octanol–water partition coefficient (Wildman–Crippen LogP) is 3.08. The van der Waals surface area contributed by atoms with E-state index >= 15 is 0 Å². The summed E-state index contributed by atoms with van der Waals surface area (Å²) >= 11 is 0. The third-order valence-electron chi connectivity index (χ3n) is 5.00. The first-order chi connectivity index (χ1) is 12.1. The van der Waals surface area contributed by atoms with Gasteiger partial charge in [-0.2, -0.15) is 0 Å². The number of hydrogen-bond donors (Lipinski definition) is 0. The molecule has 5 nitrogen and oxygen atoms in total. The number of aldehydes is 1. The average Bonchev–Trinajstić information content (AvgIpc) is 3.05. The molecule has 2 rings (SSSR count). The summed E-state index contributed by atoms with van der Waals surface area (Å²) in [5.74, 6) is 0.481. The van der Waals surface area contributed by atoms with Gasteiger partial charge in [0, 0.05) is 24.2 Å². The lowest BCUT2D eigenvalue weighted by Gasteiger charge is -2.41. The van der Waals surface area contributed by atoms with Crippen LogP contribution in [0.2, 0.25) is 13.1 Å². The van der Waals surface area contributed by atoms with Crippen LogP contribution in [0.1, 0.15) is 38.4 Å². The third kappa shape index (κ3) is 4.85. The molecule has 0 aliphatic carbocycles. The van der Waals surface area contributed by atoms with E-state index in [1.807, 2.05) is 31.4 Å². The zero-order valence-corrected chi connectivity index (χ0v) is 17.4. The van der Waals surface area contributed by atoms with Crippen LogP contribution < -0.4 is 0 Å². The quantitative estimate of drug-likeness (QED) is 0.356. The van der Waals surface area contributed by atoms with E-state index < -0.39 is 0 Å². The molecule has 7 heteroatoms. The van der Waals surface area contributed by atoms with Gasteiger partial charge in [-0.05, 0) is 43.0 Å². The molecular weight excluding hydrogens is 350 g/mol. The van der Waals surface area contributed by atoms with Gasteiger partial charge in [-0.15, -0.1) is 0 Å². The Hall–Kier alpha value is -0.866. The molecule has 0 N–H and O–H groups in total. The first-order valence-corrected chi connectivity index (χ1v) is 11.5. The van der Waals surface area contributed by atoms with Crippen LogP contribution in [0, 0.1) is 17.3 Å². The van der Waals surface area contributed by atoms with Crippen molar-refractivity contribution in [1.82, 2.24) is 4.98 Å². The second kappa shape index (κ2) is 9.73. The minimum absolute atomic E-state index is 0.0354. The molecule has 1 aromatic heterocycles. The van der Waals surface area contributed by atoms with E-state index in [0.717, 1.165) is 18.3 Å². The maximum atomic E-state index is 11.0. The van der Waals surface area contributed by atoms with Crippen LogP contribution in [-0.2, 0) is 18.4 Å². The standard InChI is InChI=1S/C18H27NO4Si2/c1-18(2,17(22-24-3)23-25-4)15-12-21-16(14(15)8-6-10-20)13-7-5-9-19-11-13/h5,7,9-11,14-17H,6,8,12H2,1-4H3. The zero-order valence-electron chi connectivity index (χ0n) is 15.4. The molecule has 0 spiro atoms. The number of carbonyl (C=O) groups is 1. The Morgan fingerprint density at radius 3 is 2.68 bits per heavy atom. The van der Waals surface area contributed by atoms with Crippen LogP contribution >= 0.6 is 0 Å². The molecule has 1 fully saturated rings. The Morgan fingerprint density at radius 2 is 2.12 bits per heavy atom. The lowest BCUT2D eigenvalue weighted by atomic mass is 9.69. The summed E-state index contributed by atoms with van der Waals surface area (Å²) in [6, 6.07) is 3.98. The van der Waals surface area contributed by atoms with Crippen molar-refractivity contribution in [2.75, 3.05) is 6.61 Å². The highest BCUT2D eigenvalue weighted by atomic mass is 28.2. The minimum atomic E-state index is -0.265. The maximum Gasteiger partial charge on any atom is 0.229 e. The van der Waals surface area contributed by atoms with Crippen LogP contribution in [0.25, 0.3) is 0 Å². The van der Waals surface area contributed by atoms with Gasteiger partial charge in [-0.25, -0.2) is 0 Å². The molecule has 3 atom stereocenters. The second-order valence-electron chi connectivity index (χ2n) is 6.85. The predicted molar refractivity (Wildman–Crippen MR) is 98.2 cm³/mol. The smallest absolute Gasteiger partial charge is 0.229 e. The normalized spacial score (nSPS) is 24.0. The summed E-state index contributed by atoms with van der Waals surface area (Å²) in [5.41, 5.74) is 0.862. The number of aromatic nitrogens is 1.